The first-order valence-electron chi connectivity index (χ1n) is 9.01. The number of aryl methyl sites for hydroxylation is 1. The number of anilines is 1. The van der Waals surface area contributed by atoms with Gasteiger partial charge in [0.1, 0.15) is 11.5 Å². The van der Waals surface area contributed by atoms with Crippen LogP contribution in [-0.4, -0.2) is 29.9 Å². The molecular formula is C20H28ClN3O3. The number of hydrogen-bond donors (Lipinski definition) is 1. The van der Waals surface area contributed by atoms with Crippen molar-refractivity contribution in [1.82, 2.24) is 9.78 Å². The standard InChI is InChI=1S/C20H28ClN3O3/c1-12(2)11-24-14(4)15(13(3)23-24)7-8-20(25)22-17-9-16(21)18(26-5)10-19(17)27-6/h9-10,12H,7-8,11H2,1-6H3,(H,22,25). The molecule has 148 valence electrons. The Morgan fingerprint density at radius 3 is 2.48 bits per heavy atom. The molecule has 0 radical (unpaired) electrons. The Labute approximate surface area is 165 Å². The van der Waals surface area contributed by atoms with Crippen molar-refractivity contribution in [3.8, 4) is 11.5 Å². The summed E-state index contributed by atoms with van der Waals surface area (Å²) in [7, 11) is 3.07. The number of methoxy groups -OCH3 is 2. The predicted octanol–water partition coefficient (Wildman–Crippen LogP) is 4.40. The Morgan fingerprint density at radius 1 is 1.22 bits per heavy atom. The Bertz CT molecular complexity index is 815. The first-order valence-corrected chi connectivity index (χ1v) is 9.38. The number of halogens is 1. The maximum Gasteiger partial charge on any atom is 0.224 e. The van der Waals surface area contributed by atoms with Gasteiger partial charge in [-0.25, -0.2) is 0 Å². The average Bonchev–Trinajstić information content (AvgIpc) is 2.86. The van der Waals surface area contributed by atoms with Gasteiger partial charge in [0.15, 0.2) is 0 Å². The lowest BCUT2D eigenvalue weighted by Crippen LogP contribution is -2.14. The number of amides is 1. The van der Waals surface area contributed by atoms with E-state index in [1.165, 1.54) is 14.2 Å². The van der Waals surface area contributed by atoms with E-state index in [-0.39, 0.29) is 5.91 Å². The summed E-state index contributed by atoms with van der Waals surface area (Å²) in [6, 6.07) is 3.29. The van der Waals surface area contributed by atoms with Crippen molar-refractivity contribution in [3.63, 3.8) is 0 Å². The highest BCUT2D eigenvalue weighted by atomic mass is 35.5. The summed E-state index contributed by atoms with van der Waals surface area (Å²) < 4.78 is 12.5. The van der Waals surface area contributed by atoms with Crippen molar-refractivity contribution in [1.29, 1.82) is 0 Å². The van der Waals surface area contributed by atoms with E-state index in [1.54, 1.807) is 12.1 Å². The van der Waals surface area contributed by atoms with Crippen LogP contribution >= 0.6 is 11.6 Å². The van der Waals surface area contributed by atoms with E-state index in [2.05, 4.69) is 31.2 Å². The number of nitrogens with zero attached hydrogens (tertiary/aromatic N) is 2. The molecule has 1 heterocycles. The van der Waals surface area contributed by atoms with Gasteiger partial charge in [-0.2, -0.15) is 5.10 Å². The second kappa shape index (κ2) is 9.13. The van der Waals surface area contributed by atoms with E-state index in [1.807, 2.05) is 11.6 Å². The summed E-state index contributed by atoms with van der Waals surface area (Å²) >= 11 is 6.16. The monoisotopic (exact) mass is 393 g/mol. The van der Waals surface area contributed by atoms with Crippen molar-refractivity contribution in [2.75, 3.05) is 19.5 Å². The van der Waals surface area contributed by atoms with Crippen LogP contribution in [0.3, 0.4) is 0 Å². The Morgan fingerprint density at radius 2 is 1.89 bits per heavy atom. The van der Waals surface area contributed by atoms with Crippen molar-refractivity contribution in [2.45, 2.75) is 47.1 Å². The highest BCUT2D eigenvalue weighted by Crippen LogP contribution is 2.36. The molecule has 1 amide bonds. The number of ether oxygens (including phenoxy) is 2. The largest absolute Gasteiger partial charge is 0.495 e. The van der Waals surface area contributed by atoms with Crippen molar-refractivity contribution < 1.29 is 14.3 Å². The highest BCUT2D eigenvalue weighted by molar-refractivity contribution is 6.32. The van der Waals surface area contributed by atoms with Crippen molar-refractivity contribution >= 4 is 23.2 Å². The molecule has 0 saturated heterocycles. The molecule has 0 aliphatic heterocycles. The second-order valence-electron chi connectivity index (χ2n) is 6.96. The zero-order valence-electron chi connectivity index (χ0n) is 16.9. The fourth-order valence-corrected chi connectivity index (χ4v) is 3.27. The van der Waals surface area contributed by atoms with Crippen LogP contribution in [0.1, 0.15) is 37.2 Å². The van der Waals surface area contributed by atoms with Crippen LogP contribution in [0.4, 0.5) is 5.69 Å². The summed E-state index contributed by atoms with van der Waals surface area (Å²) in [4.78, 5) is 12.5. The lowest BCUT2D eigenvalue weighted by molar-refractivity contribution is -0.116. The molecule has 2 aromatic rings. The van der Waals surface area contributed by atoms with Gasteiger partial charge >= 0.3 is 0 Å². The van der Waals surface area contributed by atoms with Crippen LogP contribution in [0.25, 0.3) is 0 Å². The van der Waals surface area contributed by atoms with Gasteiger partial charge in [0, 0.05) is 24.7 Å². The molecule has 0 atom stereocenters. The van der Waals surface area contributed by atoms with Gasteiger partial charge in [-0.3, -0.25) is 9.48 Å². The highest BCUT2D eigenvalue weighted by Gasteiger charge is 2.16. The van der Waals surface area contributed by atoms with E-state index >= 15 is 0 Å². The summed E-state index contributed by atoms with van der Waals surface area (Å²) in [5.41, 5.74) is 3.76. The number of rotatable bonds is 8. The number of carbonyl (C=O) groups is 1. The number of benzene rings is 1. The Hall–Kier alpha value is -2.21. The molecule has 7 heteroatoms. The van der Waals surface area contributed by atoms with Gasteiger partial charge in [-0.15, -0.1) is 0 Å². The molecule has 0 spiro atoms. The second-order valence-corrected chi connectivity index (χ2v) is 7.37. The molecule has 1 aromatic heterocycles. The minimum absolute atomic E-state index is 0.107. The number of aromatic nitrogens is 2. The van der Waals surface area contributed by atoms with Gasteiger partial charge in [0.25, 0.3) is 0 Å². The molecule has 0 unspecified atom stereocenters. The van der Waals surface area contributed by atoms with Crippen molar-refractivity contribution in [3.05, 3.63) is 34.1 Å². The number of hydrogen-bond acceptors (Lipinski definition) is 4. The molecule has 0 saturated carbocycles. The van der Waals surface area contributed by atoms with Crippen LogP contribution < -0.4 is 14.8 Å². The third kappa shape index (κ3) is 5.16. The topological polar surface area (TPSA) is 65.4 Å². The quantitative estimate of drug-likeness (QED) is 0.721. The molecule has 0 bridgehead atoms. The average molecular weight is 394 g/mol. The lowest BCUT2D eigenvalue weighted by atomic mass is 10.1. The molecule has 1 aromatic carbocycles. The zero-order valence-corrected chi connectivity index (χ0v) is 17.6. The summed E-state index contributed by atoms with van der Waals surface area (Å²) in [5.74, 6) is 1.41. The molecule has 27 heavy (non-hydrogen) atoms. The van der Waals surface area contributed by atoms with Gasteiger partial charge in [0.2, 0.25) is 5.91 Å². The van der Waals surface area contributed by atoms with Gasteiger partial charge in [-0.05, 0) is 37.8 Å². The maximum atomic E-state index is 12.5. The molecule has 1 N–H and O–H groups in total. The molecular weight excluding hydrogens is 366 g/mol. The first-order chi connectivity index (χ1) is 12.8. The maximum absolute atomic E-state index is 12.5. The van der Waals surface area contributed by atoms with E-state index in [9.17, 15) is 4.79 Å². The van der Waals surface area contributed by atoms with Crippen LogP contribution in [0.5, 0.6) is 11.5 Å². The SMILES string of the molecule is COc1cc(OC)c(NC(=O)CCc2c(C)nn(CC(C)C)c2C)cc1Cl. The van der Waals surface area contributed by atoms with Crippen LogP contribution in [0.2, 0.25) is 5.02 Å². The normalized spacial score (nSPS) is 11.0. The Kier molecular flexibility index (Phi) is 7.13. The molecule has 0 aliphatic rings. The minimum Gasteiger partial charge on any atom is -0.495 e. The Balaban J connectivity index is 2.07. The number of carbonyl (C=O) groups excluding carboxylic acids is 1. The van der Waals surface area contributed by atoms with Crippen LogP contribution in [0, 0.1) is 19.8 Å². The fourth-order valence-electron chi connectivity index (χ4n) is 3.03. The molecule has 0 aliphatic carbocycles. The third-order valence-corrected chi connectivity index (χ3v) is 4.71. The fraction of sp³-hybridized carbons (Fsp3) is 0.500. The molecule has 0 fully saturated rings. The zero-order chi connectivity index (χ0) is 20.1. The van der Waals surface area contributed by atoms with E-state index < -0.39 is 0 Å². The lowest BCUT2D eigenvalue weighted by Gasteiger charge is -2.13. The van der Waals surface area contributed by atoms with Crippen LogP contribution in [0.15, 0.2) is 12.1 Å². The van der Waals surface area contributed by atoms with Gasteiger partial charge in [-0.1, -0.05) is 25.4 Å². The van der Waals surface area contributed by atoms with Gasteiger partial charge < -0.3 is 14.8 Å². The van der Waals surface area contributed by atoms with Crippen LogP contribution in [-0.2, 0) is 17.8 Å². The smallest absolute Gasteiger partial charge is 0.224 e. The molecule has 6 nitrogen and oxygen atoms in total. The predicted molar refractivity (Wildman–Crippen MR) is 108 cm³/mol. The van der Waals surface area contributed by atoms with E-state index in [4.69, 9.17) is 21.1 Å². The van der Waals surface area contributed by atoms with Crippen molar-refractivity contribution in [2.24, 2.45) is 5.92 Å². The summed E-state index contributed by atoms with van der Waals surface area (Å²) in [6.45, 7) is 9.25. The first kappa shape index (κ1) is 21.1. The van der Waals surface area contributed by atoms with E-state index in [0.29, 0.717) is 41.0 Å². The minimum atomic E-state index is -0.107. The third-order valence-electron chi connectivity index (χ3n) is 4.42. The van der Waals surface area contributed by atoms with E-state index in [0.717, 1.165) is 23.5 Å². The molecule has 2 rings (SSSR count). The van der Waals surface area contributed by atoms with Gasteiger partial charge in [0.05, 0.1) is 30.6 Å². The number of nitrogens with one attached hydrogen (secondary N) is 1. The summed E-state index contributed by atoms with van der Waals surface area (Å²) in [5, 5.41) is 7.89. The summed E-state index contributed by atoms with van der Waals surface area (Å²) in [6.07, 6.45) is 0.982.